The summed E-state index contributed by atoms with van der Waals surface area (Å²) in [5.41, 5.74) is 1.83. The summed E-state index contributed by atoms with van der Waals surface area (Å²) in [4.78, 5) is 0. The Morgan fingerprint density at radius 3 is 2.77 bits per heavy atom. The zero-order valence-corrected chi connectivity index (χ0v) is 7.31. The fourth-order valence-corrected chi connectivity index (χ4v) is 1.19. The lowest BCUT2D eigenvalue weighted by Crippen LogP contribution is -1.93. The van der Waals surface area contributed by atoms with Crippen molar-refractivity contribution in [1.29, 1.82) is 0 Å². The van der Waals surface area contributed by atoms with Crippen molar-refractivity contribution >= 4 is 0 Å². The molecule has 0 aliphatic heterocycles. The predicted octanol–water partition coefficient (Wildman–Crippen LogP) is 1.89. The summed E-state index contributed by atoms with van der Waals surface area (Å²) in [5, 5.41) is 13.5. The van der Waals surface area contributed by atoms with Crippen LogP contribution in [0.5, 0.6) is 5.75 Å². The van der Waals surface area contributed by atoms with Crippen LogP contribution >= 0.6 is 0 Å². The highest BCUT2D eigenvalue weighted by Crippen LogP contribution is 2.14. The van der Waals surface area contributed by atoms with E-state index in [0.717, 1.165) is 11.4 Å². The van der Waals surface area contributed by atoms with E-state index in [4.69, 9.17) is 0 Å². The molecule has 0 aliphatic carbocycles. The molecule has 3 heteroatoms. The van der Waals surface area contributed by atoms with Crippen LogP contribution < -0.4 is 0 Å². The molecule has 1 heterocycles. The number of aryl methyl sites for hydroxylation is 1. The van der Waals surface area contributed by atoms with Crippen molar-refractivity contribution in [2.75, 3.05) is 0 Å². The van der Waals surface area contributed by atoms with E-state index in [2.05, 4.69) is 5.10 Å². The first kappa shape index (κ1) is 7.86. The predicted molar refractivity (Wildman–Crippen MR) is 50.0 cm³/mol. The Morgan fingerprint density at radius 1 is 1.31 bits per heavy atom. The highest BCUT2D eigenvalue weighted by molar-refractivity contribution is 5.37. The van der Waals surface area contributed by atoms with E-state index in [1.54, 1.807) is 22.9 Å². The Bertz CT molecular complexity index is 420. The second-order valence-corrected chi connectivity index (χ2v) is 2.92. The molecule has 0 fully saturated rings. The minimum atomic E-state index is 0.255. The first-order valence-electron chi connectivity index (χ1n) is 4.07. The molecular weight excluding hydrogens is 164 g/mol. The third kappa shape index (κ3) is 1.54. The molecule has 66 valence electrons. The van der Waals surface area contributed by atoms with E-state index in [0.29, 0.717) is 0 Å². The zero-order valence-electron chi connectivity index (χ0n) is 7.31. The number of benzene rings is 1. The van der Waals surface area contributed by atoms with Gasteiger partial charge in [-0.05, 0) is 25.1 Å². The average molecular weight is 174 g/mol. The molecule has 13 heavy (non-hydrogen) atoms. The second-order valence-electron chi connectivity index (χ2n) is 2.92. The van der Waals surface area contributed by atoms with Crippen LogP contribution in [0.3, 0.4) is 0 Å². The van der Waals surface area contributed by atoms with Crippen LogP contribution in [0.25, 0.3) is 5.69 Å². The molecule has 0 saturated heterocycles. The van der Waals surface area contributed by atoms with Crippen LogP contribution in [0.1, 0.15) is 5.69 Å². The minimum absolute atomic E-state index is 0.255. The van der Waals surface area contributed by atoms with Crippen molar-refractivity contribution in [3.63, 3.8) is 0 Å². The summed E-state index contributed by atoms with van der Waals surface area (Å²) in [7, 11) is 0. The summed E-state index contributed by atoms with van der Waals surface area (Å²) in [5.74, 6) is 0.255. The Labute approximate surface area is 76.3 Å². The fourth-order valence-electron chi connectivity index (χ4n) is 1.19. The van der Waals surface area contributed by atoms with Crippen LogP contribution in [0.15, 0.2) is 36.5 Å². The highest BCUT2D eigenvalue weighted by atomic mass is 16.3. The number of nitrogens with zero attached hydrogens (tertiary/aromatic N) is 2. The first-order valence-corrected chi connectivity index (χ1v) is 4.07. The zero-order chi connectivity index (χ0) is 9.26. The van der Waals surface area contributed by atoms with Gasteiger partial charge in [0.1, 0.15) is 5.75 Å². The maximum absolute atomic E-state index is 9.24. The van der Waals surface area contributed by atoms with E-state index in [1.165, 1.54) is 0 Å². The molecule has 0 aliphatic rings. The van der Waals surface area contributed by atoms with Gasteiger partial charge in [-0.25, -0.2) is 4.68 Å². The van der Waals surface area contributed by atoms with Gasteiger partial charge in [-0.1, -0.05) is 6.07 Å². The Kier molecular flexibility index (Phi) is 1.77. The lowest BCUT2D eigenvalue weighted by atomic mass is 10.3. The quantitative estimate of drug-likeness (QED) is 0.716. The van der Waals surface area contributed by atoms with Gasteiger partial charge in [-0.3, -0.25) is 0 Å². The number of aromatic nitrogens is 2. The van der Waals surface area contributed by atoms with Crippen LogP contribution in [0.4, 0.5) is 0 Å². The van der Waals surface area contributed by atoms with Gasteiger partial charge in [0.25, 0.3) is 0 Å². The summed E-state index contributed by atoms with van der Waals surface area (Å²) in [6, 6.07) is 8.92. The van der Waals surface area contributed by atoms with Crippen molar-refractivity contribution in [3.8, 4) is 11.4 Å². The summed E-state index contributed by atoms with van der Waals surface area (Å²) < 4.78 is 1.73. The minimum Gasteiger partial charge on any atom is -0.508 e. The third-order valence-corrected chi connectivity index (χ3v) is 1.82. The first-order chi connectivity index (χ1) is 6.25. The number of hydrogen-bond acceptors (Lipinski definition) is 2. The van der Waals surface area contributed by atoms with Crippen molar-refractivity contribution in [2.45, 2.75) is 6.92 Å². The second kappa shape index (κ2) is 2.94. The SMILES string of the molecule is Cc1ccn(-c2cccc(O)c2)n1. The number of aromatic hydroxyl groups is 1. The molecular formula is C10H10N2O. The lowest BCUT2D eigenvalue weighted by molar-refractivity contribution is 0.475. The van der Waals surface area contributed by atoms with Gasteiger partial charge < -0.3 is 5.11 Å². The molecule has 0 amide bonds. The summed E-state index contributed by atoms with van der Waals surface area (Å²) >= 11 is 0. The summed E-state index contributed by atoms with van der Waals surface area (Å²) in [6.07, 6.45) is 1.87. The Morgan fingerprint density at radius 2 is 2.15 bits per heavy atom. The Balaban J connectivity index is 2.46. The molecule has 3 nitrogen and oxygen atoms in total. The van der Waals surface area contributed by atoms with Crippen molar-refractivity contribution < 1.29 is 5.11 Å². The maximum Gasteiger partial charge on any atom is 0.117 e. The van der Waals surface area contributed by atoms with Gasteiger partial charge in [0, 0.05) is 12.3 Å². The van der Waals surface area contributed by atoms with Gasteiger partial charge >= 0.3 is 0 Å². The molecule has 0 atom stereocenters. The molecule has 1 aromatic heterocycles. The number of phenolic OH excluding ortho intramolecular Hbond substituents is 1. The fraction of sp³-hybridized carbons (Fsp3) is 0.100. The molecule has 1 N–H and O–H groups in total. The third-order valence-electron chi connectivity index (χ3n) is 1.82. The van der Waals surface area contributed by atoms with E-state index in [1.807, 2.05) is 25.3 Å². The summed E-state index contributed by atoms with van der Waals surface area (Å²) in [6.45, 7) is 1.93. The van der Waals surface area contributed by atoms with Crippen LogP contribution in [0.2, 0.25) is 0 Å². The molecule has 0 radical (unpaired) electrons. The molecule has 2 aromatic rings. The number of phenols is 1. The topological polar surface area (TPSA) is 38.0 Å². The van der Waals surface area contributed by atoms with Crippen molar-refractivity contribution in [1.82, 2.24) is 9.78 Å². The van der Waals surface area contributed by atoms with Crippen molar-refractivity contribution in [3.05, 3.63) is 42.2 Å². The largest absolute Gasteiger partial charge is 0.508 e. The smallest absolute Gasteiger partial charge is 0.117 e. The van der Waals surface area contributed by atoms with Crippen molar-refractivity contribution in [2.24, 2.45) is 0 Å². The van der Waals surface area contributed by atoms with Gasteiger partial charge in [-0.15, -0.1) is 0 Å². The maximum atomic E-state index is 9.24. The van der Waals surface area contributed by atoms with Gasteiger partial charge in [-0.2, -0.15) is 5.10 Å². The van der Waals surface area contributed by atoms with Gasteiger partial charge in [0.15, 0.2) is 0 Å². The van der Waals surface area contributed by atoms with E-state index < -0.39 is 0 Å². The van der Waals surface area contributed by atoms with Crippen LogP contribution in [-0.4, -0.2) is 14.9 Å². The van der Waals surface area contributed by atoms with E-state index in [-0.39, 0.29) is 5.75 Å². The Hall–Kier alpha value is -1.77. The normalized spacial score (nSPS) is 10.2. The number of hydrogen-bond donors (Lipinski definition) is 1. The highest BCUT2D eigenvalue weighted by Gasteiger charge is 1.97. The van der Waals surface area contributed by atoms with Gasteiger partial charge in [0.2, 0.25) is 0 Å². The van der Waals surface area contributed by atoms with E-state index in [9.17, 15) is 5.11 Å². The molecule has 0 unspecified atom stereocenters. The average Bonchev–Trinajstić information content (AvgIpc) is 2.52. The molecule has 0 bridgehead atoms. The molecule has 0 saturated carbocycles. The molecule has 0 spiro atoms. The molecule has 2 rings (SSSR count). The monoisotopic (exact) mass is 174 g/mol. The van der Waals surface area contributed by atoms with Crippen LogP contribution in [-0.2, 0) is 0 Å². The van der Waals surface area contributed by atoms with Crippen LogP contribution in [0, 0.1) is 6.92 Å². The molecule has 1 aromatic carbocycles. The lowest BCUT2D eigenvalue weighted by Gasteiger charge is -2.00. The number of rotatable bonds is 1. The standard InChI is InChI=1S/C10H10N2O/c1-8-5-6-12(11-8)9-3-2-4-10(13)7-9/h2-7,13H,1H3. The van der Waals surface area contributed by atoms with E-state index >= 15 is 0 Å². The van der Waals surface area contributed by atoms with Gasteiger partial charge in [0.05, 0.1) is 11.4 Å².